The predicted molar refractivity (Wildman–Crippen MR) is 122 cm³/mol. The fourth-order valence-corrected chi connectivity index (χ4v) is 5.72. The maximum absolute atomic E-state index is 12.4. The number of alkyl carbamates (subject to hydrolysis) is 1. The van der Waals surface area contributed by atoms with Gasteiger partial charge in [-0.3, -0.25) is 9.59 Å². The standard InChI is InChI=1S/C26H28N2O5/c1-15(10-23(29)28-17-11-16-12-26(16,13-17)24(30)31)27-25(32)33-14-22-20-8-4-2-6-18(20)19-7-3-5-9-21(19)22/h2-9,15-17,22H,10-14H2,1H3,(H,27,32)(H,28,29)(H,30,31)/t15-,16-,17+,26+/m0/s1. The number of carboxylic acids is 1. The summed E-state index contributed by atoms with van der Waals surface area (Å²) in [7, 11) is 0. The molecule has 0 aromatic heterocycles. The highest BCUT2D eigenvalue weighted by Crippen LogP contribution is 2.63. The van der Waals surface area contributed by atoms with Gasteiger partial charge in [0.15, 0.2) is 0 Å². The summed E-state index contributed by atoms with van der Waals surface area (Å²) < 4.78 is 5.54. The highest BCUT2D eigenvalue weighted by Gasteiger charge is 2.65. The Kier molecular flexibility index (Phi) is 5.35. The molecule has 33 heavy (non-hydrogen) atoms. The van der Waals surface area contributed by atoms with Crippen LogP contribution in [-0.2, 0) is 14.3 Å². The van der Waals surface area contributed by atoms with Crippen LogP contribution in [0.2, 0.25) is 0 Å². The molecule has 172 valence electrons. The minimum Gasteiger partial charge on any atom is -0.481 e. The highest BCUT2D eigenvalue weighted by molar-refractivity contribution is 5.81. The lowest BCUT2D eigenvalue weighted by Gasteiger charge is -2.19. The predicted octanol–water partition coefficient (Wildman–Crippen LogP) is 3.67. The van der Waals surface area contributed by atoms with E-state index in [1.807, 2.05) is 24.3 Å². The van der Waals surface area contributed by atoms with Gasteiger partial charge in [0, 0.05) is 24.4 Å². The summed E-state index contributed by atoms with van der Waals surface area (Å²) in [4.78, 5) is 36.2. The number of ether oxygens (including phenoxy) is 1. The molecule has 7 nitrogen and oxygen atoms in total. The van der Waals surface area contributed by atoms with E-state index in [0.29, 0.717) is 19.3 Å². The van der Waals surface area contributed by atoms with E-state index in [2.05, 4.69) is 34.9 Å². The fraction of sp³-hybridized carbons (Fsp3) is 0.423. The number of aliphatic carboxylic acids is 1. The van der Waals surface area contributed by atoms with Gasteiger partial charge in [-0.2, -0.15) is 0 Å². The third-order valence-corrected chi connectivity index (χ3v) is 7.40. The summed E-state index contributed by atoms with van der Waals surface area (Å²) >= 11 is 0. The Labute approximate surface area is 192 Å². The maximum Gasteiger partial charge on any atom is 0.407 e. The minimum atomic E-state index is -0.755. The van der Waals surface area contributed by atoms with Crippen molar-refractivity contribution in [3.63, 3.8) is 0 Å². The van der Waals surface area contributed by atoms with Crippen LogP contribution in [-0.4, -0.2) is 41.8 Å². The topological polar surface area (TPSA) is 105 Å². The molecule has 0 spiro atoms. The molecular weight excluding hydrogens is 420 g/mol. The summed E-state index contributed by atoms with van der Waals surface area (Å²) in [5.74, 6) is -0.781. The van der Waals surface area contributed by atoms with Crippen molar-refractivity contribution < 1.29 is 24.2 Å². The van der Waals surface area contributed by atoms with Crippen molar-refractivity contribution in [1.29, 1.82) is 0 Å². The van der Waals surface area contributed by atoms with Gasteiger partial charge in [0.25, 0.3) is 0 Å². The van der Waals surface area contributed by atoms with Gasteiger partial charge in [-0.05, 0) is 54.4 Å². The molecule has 0 heterocycles. The number of fused-ring (bicyclic) bond motifs is 4. The van der Waals surface area contributed by atoms with Gasteiger partial charge in [0.2, 0.25) is 5.91 Å². The first-order valence-electron chi connectivity index (χ1n) is 11.5. The highest BCUT2D eigenvalue weighted by atomic mass is 16.5. The van der Waals surface area contributed by atoms with E-state index in [1.165, 1.54) is 11.1 Å². The second-order valence-electron chi connectivity index (χ2n) is 9.64. The summed E-state index contributed by atoms with van der Waals surface area (Å²) in [5.41, 5.74) is 4.01. The monoisotopic (exact) mass is 448 g/mol. The molecule has 2 amide bonds. The summed E-state index contributed by atoms with van der Waals surface area (Å²) in [6, 6.07) is 15.8. The van der Waals surface area contributed by atoms with E-state index in [-0.39, 0.29) is 36.8 Å². The van der Waals surface area contributed by atoms with Gasteiger partial charge in [-0.25, -0.2) is 4.79 Å². The third-order valence-electron chi connectivity index (χ3n) is 7.40. The Morgan fingerprint density at radius 1 is 1.06 bits per heavy atom. The minimum absolute atomic E-state index is 0.0166. The molecule has 2 aromatic carbocycles. The van der Waals surface area contributed by atoms with E-state index in [9.17, 15) is 19.5 Å². The number of nitrogens with one attached hydrogen (secondary N) is 2. The summed E-state index contributed by atoms with van der Waals surface area (Å²) in [5, 5.41) is 15.0. The fourth-order valence-electron chi connectivity index (χ4n) is 5.72. The summed E-state index contributed by atoms with van der Waals surface area (Å²) in [6.07, 6.45) is 1.49. The van der Waals surface area contributed by atoms with Crippen molar-refractivity contribution in [3.05, 3.63) is 59.7 Å². The molecule has 0 aliphatic heterocycles. The lowest BCUT2D eigenvalue weighted by molar-refractivity contribution is -0.143. The van der Waals surface area contributed by atoms with E-state index in [1.54, 1.807) is 6.92 Å². The van der Waals surface area contributed by atoms with Gasteiger partial charge >= 0.3 is 12.1 Å². The molecule has 0 unspecified atom stereocenters. The molecular formula is C26H28N2O5. The van der Waals surface area contributed by atoms with Gasteiger partial charge in [0.05, 0.1) is 5.41 Å². The molecule has 3 aliphatic carbocycles. The lowest BCUT2D eigenvalue weighted by atomic mass is 9.98. The van der Waals surface area contributed by atoms with Crippen LogP contribution in [0.4, 0.5) is 4.79 Å². The number of carbonyl (C=O) groups is 3. The van der Waals surface area contributed by atoms with E-state index < -0.39 is 23.5 Å². The molecule has 4 atom stereocenters. The number of rotatable bonds is 7. The molecule has 0 radical (unpaired) electrons. The number of amides is 2. The van der Waals surface area contributed by atoms with Gasteiger partial charge in [0.1, 0.15) is 6.61 Å². The molecule has 5 rings (SSSR count). The van der Waals surface area contributed by atoms with Crippen LogP contribution in [0.3, 0.4) is 0 Å². The van der Waals surface area contributed by atoms with Crippen LogP contribution < -0.4 is 10.6 Å². The van der Waals surface area contributed by atoms with Crippen LogP contribution in [0.1, 0.15) is 49.7 Å². The van der Waals surface area contributed by atoms with Crippen LogP contribution in [0.15, 0.2) is 48.5 Å². The SMILES string of the molecule is C[C@@H](CC(=O)N[C@@H]1C[C@H]2C[C@@]2(C(=O)O)C1)NC(=O)OCC1c2ccccc2-c2ccccc21. The Morgan fingerprint density at radius 2 is 1.70 bits per heavy atom. The number of carboxylic acid groups (broad SMARTS) is 1. The molecule has 0 bridgehead atoms. The first-order chi connectivity index (χ1) is 15.9. The number of hydrogen-bond acceptors (Lipinski definition) is 4. The maximum atomic E-state index is 12.4. The molecule has 7 heteroatoms. The van der Waals surface area contributed by atoms with Crippen molar-refractivity contribution in [3.8, 4) is 11.1 Å². The Hall–Kier alpha value is -3.35. The molecule has 3 N–H and O–H groups in total. The van der Waals surface area contributed by atoms with Crippen molar-refractivity contribution in [2.45, 2.75) is 50.6 Å². The average Bonchev–Trinajstić information content (AvgIpc) is 3.21. The van der Waals surface area contributed by atoms with E-state index >= 15 is 0 Å². The van der Waals surface area contributed by atoms with Crippen molar-refractivity contribution in [2.24, 2.45) is 11.3 Å². The van der Waals surface area contributed by atoms with Gasteiger partial charge in [-0.1, -0.05) is 48.5 Å². The van der Waals surface area contributed by atoms with Crippen LogP contribution in [0.5, 0.6) is 0 Å². The number of carbonyl (C=O) groups excluding carboxylic acids is 2. The zero-order valence-electron chi connectivity index (χ0n) is 18.5. The first-order valence-corrected chi connectivity index (χ1v) is 11.5. The lowest BCUT2D eigenvalue weighted by Crippen LogP contribution is -2.41. The molecule has 0 saturated heterocycles. The zero-order chi connectivity index (χ0) is 23.2. The van der Waals surface area contributed by atoms with Crippen LogP contribution >= 0.6 is 0 Å². The Balaban J connectivity index is 1.10. The van der Waals surface area contributed by atoms with Crippen molar-refractivity contribution >= 4 is 18.0 Å². The number of hydrogen-bond donors (Lipinski definition) is 3. The van der Waals surface area contributed by atoms with Crippen LogP contribution in [0.25, 0.3) is 11.1 Å². The first kappa shape index (κ1) is 21.5. The van der Waals surface area contributed by atoms with Crippen molar-refractivity contribution in [1.82, 2.24) is 10.6 Å². The largest absolute Gasteiger partial charge is 0.481 e. The van der Waals surface area contributed by atoms with Crippen molar-refractivity contribution in [2.75, 3.05) is 6.61 Å². The van der Waals surface area contributed by atoms with Gasteiger partial charge in [-0.15, -0.1) is 0 Å². The van der Waals surface area contributed by atoms with E-state index in [0.717, 1.165) is 11.1 Å². The number of benzene rings is 2. The smallest absolute Gasteiger partial charge is 0.407 e. The normalized spacial score (nSPS) is 25.4. The van der Waals surface area contributed by atoms with E-state index in [4.69, 9.17) is 4.74 Å². The Bertz CT molecular complexity index is 1070. The molecule has 2 aromatic rings. The second kappa shape index (κ2) is 8.21. The third kappa shape index (κ3) is 3.96. The molecule has 3 aliphatic rings. The molecule has 2 fully saturated rings. The van der Waals surface area contributed by atoms with Gasteiger partial charge < -0.3 is 20.5 Å². The molecule has 2 saturated carbocycles. The zero-order valence-corrected chi connectivity index (χ0v) is 18.5. The average molecular weight is 449 g/mol. The second-order valence-corrected chi connectivity index (χ2v) is 9.64. The van der Waals surface area contributed by atoms with Crippen LogP contribution in [0, 0.1) is 11.3 Å². The Morgan fingerprint density at radius 3 is 2.30 bits per heavy atom. The quantitative estimate of drug-likeness (QED) is 0.599. The summed E-state index contributed by atoms with van der Waals surface area (Å²) in [6.45, 7) is 1.98.